The molecule has 1 aliphatic rings. The van der Waals surface area contributed by atoms with Crippen LogP contribution >= 0.6 is 0 Å². The normalized spacial score (nSPS) is 11.5. The van der Waals surface area contributed by atoms with E-state index < -0.39 is 0 Å². The third-order valence-corrected chi connectivity index (χ3v) is 13.7. The van der Waals surface area contributed by atoms with Gasteiger partial charge < -0.3 is 4.74 Å². The molecule has 0 atom stereocenters. The Bertz CT molecular complexity index is 3900. The molecule has 13 rings (SSSR count). The maximum absolute atomic E-state index is 6.99. The van der Waals surface area contributed by atoms with Crippen molar-refractivity contribution in [2.45, 2.75) is 0 Å². The zero-order chi connectivity index (χ0) is 47.1. The van der Waals surface area contributed by atoms with Gasteiger partial charge in [-0.15, -0.1) is 0 Å². The molecule has 0 aliphatic carbocycles. The van der Waals surface area contributed by atoms with E-state index in [1.165, 1.54) is 22.1 Å². The number of benzene rings is 11. The number of fused-ring (bicyclic) bond motifs is 2. The summed E-state index contributed by atoms with van der Waals surface area (Å²) in [5.74, 6) is 2.44. The van der Waals surface area contributed by atoms with E-state index in [9.17, 15) is 0 Å². The summed E-state index contributed by atoms with van der Waals surface area (Å²) < 4.78 is 6.99. The van der Waals surface area contributed by atoms with E-state index in [0.717, 1.165) is 106 Å². The number of aromatic nitrogens is 2. The fourth-order valence-corrected chi connectivity index (χ4v) is 10.2. The monoisotopic (exact) mass is 904 g/mol. The minimum absolute atomic E-state index is 0.691. The Morgan fingerprint density at radius 2 is 0.704 bits per heavy atom. The Kier molecular flexibility index (Phi) is 10.5. The van der Waals surface area contributed by atoms with Crippen molar-refractivity contribution < 1.29 is 4.74 Å². The molecule has 0 saturated heterocycles. The summed E-state index contributed by atoms with van der Waals surface area (Å²) in [7, 11) is 0. The zero-order valence-electron chi connectivity index (χ0n) is 38.7. The molecule has 2 heterocycles. The van der Waals surface area contributed by atoms with Crippen molar-refractivity contribution in [2.24, 2.45) is 0 Å². The summed E-state index contributed by atoms with van der Waals surface area (Å²) in [6.45, 7) is 0. The quantitative estimate of drug-likeness (QED) is 0.145. The minimum atomic E-state index is 0.691. The highest BCUT2D eigenvalue weighted by Crippen LogP contribution is 2.53. The number of nitrogens with zero attached hydrogens (tertiary/aromatic N) is 2. The molecule has 332 valence electrons. The molecule has 0 N–H and O–H groups in total. The molecule has 0 unspecified atom stereocenters. The van der Waals surface area contributed by atoms with Gasteiger partial charge >= 0.3 is 0 Å². The minimum Gasteiger partial charge on any atom is -0.455 e. The van der Waals surface area contributed by atoms with Crippen LogP contribution in [0.5, 0.6) is 11.5 Å². The van der Waals surface area contributed by atoms with Crippen LogP contribution in [-0.4, -0.2) is 9.97 Å². The first kappa shape index (κ1) is 41.7. The largest absolute Gasteiger partial charge is 0.455 e. The molecule has 0 bridgehead atoms. The van der Waals surface area contributed by atoms with Crippen molar-refractivity contribution in [3.05, 3.63) is 267 Å². The standard InChI is InChI=1S/C68H44N2O/c1-5-17-45(18-6-1)47-35-39-50(40-36-47)62-44-63(70-68(69-62)53-23-11-4-12-24-53)55-28-13-27-54(41-55)48-33-37-49(38-34-48)60-42-56(46-19-7-2-8-20-46)43-61(65(60)51-21-9-3-10-22-51)59-31-16-30-58-57-29-14-25-52-26-15-32-64(66(52)57)71-67(58)59/h1-44H. The first-order chi connectivity index (χ1) is 35.2. The van der Waals surface area contributed by atoms with Gasteiger partial charge in [-0.2, -0.15) is 0 Å². The van der Waals surface area contributed by atoms with Gasteiger partial charge in [0.15, 0.2) is 5.82 Å². The van der Waals surface area contributed by atoms with E-state index in [4.69, 9.17) is 14.7 Å². The van der Waals surface area contributed by atoms with Crippen LogP contribution in [0.25, 0.3) is 123 Å². The fraction of sp³-hybridized carbons (Fsp3) is 0. The Labute approximate surface area is 413 Å². The van der Waals surface area contributed by atoms with E-state index in [1.54, 1.807) is 0 Å². The molecular weight excluding hydrogens is 861 g/mol. The summed E-state index contributed by atoms with van der Waals surface area (Å²) in [4.78, 5) is 10.3. The third kappa shape index (κ3) is 7.86. The lowest BCUT2D eigenvalue weighted by atomic mass is 9.83. The van der Waals surface area contributed by atoms with Crippen molar-refractivity contribution in [2.75, 3.05) is 0 Å². The second-order valence-corrected chi connectivity index (χ2v) is 18.1. The van der Waals surface area contributed by atoms with Gasteiger partial charge in [-0.05, 0) is 102 Å². The summed E-state index contributed by atoms with van der Waals surface area (Å²) >= 11 is 0. The Hall–Kier alpha value is -9.44. The zero-order valence-corrected chi connectivity index (χ0v) is 38.7. The number of hydrogen-bond acceptors (Lipinski definition) is 3. The lowest BCUT2D eigenvalue weighted by Crippen LogP contribution is -2.00. The van der Waals surface area contributed by atoms with E-state index in [2.05, 4.69) is 243 Å². The van der Waals surface area contributed by atoms with E-state index in [1.807, 2.05) is 24.3 Å². The third-order valence-electron chi connectivity index (χ3n) is 13.7. The summed E-state index contributed by atoms with van der Waals surface area (Å²) in [6.07, 6.45) is 0. The average molecular weight is 905 g/mol. The van der Waals surface area contributed by atoms with Gasteiger partial charge in [-0.25, -0.2) is 9.97 Å². The summed E-state index contributed by atoms with van der Waals surface area (Å²) in [5, 5.41) is 2.32. The molecule has 1 aliphatic heterocycles. The Morgan fingerprint density at radius 3 is 1.38 bits per heavy atom. The number of hydrogen-bond donors (Lipinski definition) is 0. The SMILES string of the molecule is c1ccc(-c2ccc(-c3cc(-c4cccc(-c5ccc(-c6cc(-c7ccccc7)cc(-c7cccc8c7Oc7cccc9cccc-8c79)c6-c6ccccc6)cc5)c4)nc(-c4ccccc4)n3)cc2)cc1. The lowest BCUT2D eigenvalue weighted by molar-refractivity contribution is 0.489. The molecule has 0 saturated carbocycles. The van der Waals surface area contributed by atoms with Crippen LogP contribution in [0, 0.1) is 0 Å². The maximum Gasteiger partial charge on any atom is 0.160 e. The van der Waals surface area contributed by atoms with Crippen molar-refractivity contribution >= 4 is 10.8 Å². The van der Waals surface area contributed by atoms with Crippen molar-refractivity contribution in [1.29, 1.82) is 0 Å². The predicted octanol–water partition coefficient (Wildman–Crippen LogP) is 18.4. The van der Waals surface area contributed by atoms with Crippen LogP contribution in [0.4, 0.5) is 0 Å². The van der Waals surface area contributed by atoms with Gasteiger partial charge in [0.05, 0.1) is 11.4 Å². The molecule has 0 spiro atoms. The smallest absolute Gasteiger partial charge is 0.160 e. The van der Waals surface area contributed by atoms with E-state index >= 15 is 0 Å². The van der Waals surface area contributed by atoms with Crippen molar-refractivity contribution in [3.8, 4) is 123 Å². The van der Waals surface area contributed by atoms with Gasteiger partial charge in [-0.1, -0.05) is 237 Å². The van der Waals surface area contributed by atoms with Crippen LogP contribution in [0.15, 0.2) is 267 Å². The average Bonchev–Trinajstić information content (AvgIpc) is 3.46. The number of para-hydroxylation sites is 1. The van der Waals surface area contributed by atoms with Gasteiger partial charge in [0.25, 0.3) is 0 Å². The van der Waals surface area contributed by atoms with Crippen molar-refractivity contribution in [3.63, 3.8) is 0 Å². The molecular formula is C68H44N2O. The molecule has 3 heteroatoms. The maximum atomic E-state index is 6.99. The highest BCUT2D eigenvalue weighted by Gasteiger charge is 2.26. The number of rotatable bonds is 9. The first-order valence-corrected chi connectivity index (χ1v) is 24.1. The highest BCUT2D eigenvalue weighted by atomic mass is 16.5. The number of ether oxygens (including phenoxy) is 1. The van der Waals surface area contributed by atoms with Crippen LogP contribution in [0.2, 0.25) is 0 Å². The van der Waals surface area contributed by atoms with Gasteiger partial charge in [0, 0.05) is 33.2 Å². The van der Waals surface area contributed by atoms with Crippen LogP contribution < -0.4 is 4.74 Å². The summed E-state index contributed by atoms with van der Waals surface area (Å²) in [5.41, 5.74) is 20.6. The second-order valence-electron chi connectivity index (χ2n) is 18.1. The van der Waals surface area contributed by atoms with E-state index in [-0.39, 0.29) is 0 Å². The Balaban J connectivity index is 0.921. The lowest BCUT2D eigenvalue weighted by Gasteiger charge is -2.25. The topological polar surface area (TPSA) is 35.0 Å². The van der Waals surface area contributed by atoms with Crippen LogP contribution in [0.1, 0.15) is 0 Å². The molecule has 0 amide bonds. The molecule has 0 fully saturated rings. The van der Waals surface area contributed by atoms with Crippen LogP contribution in [-0.2, 0) is 0 Å². The molecule has 11 aromatic carbocycles. The molecule has 1 aromatic heterocycles. The summed E-state index contributed by atoms with van der Waals surface area (Å²) in [6, 6.07) is 94.8. The predicted molar refractivity (Wildman–Crippen MR) is 294 cm³/mol. The van der Waals surface area contributed by atoms with E-state index in [0.29, 0.717) is 5.82 Å². The fourth-order valence-electron chi connectivity index (χ4n) is 10.2. The molecule has 0 radical (unpaired) electrons. The first-order valence-electron chi connectivity index (χ1n) is 24.1. The Morgan fingerprint density at radius 1 is 0.254 bits per heavy atom. The van der Waals surface area contributed by atoms with Gasteiger partial charge in [-0.3, -0.25) is 0 Å². The molecule has 3 nitrogen and oxygen atoms in total. The second kappa shape index (κ2) is 17.9. The van der Waals surface area contributed by atoms with Crippen LogP contribution in [0.3, 0.4) is 0 Å². The highest BCUT2D eigenvalue weighted by molar-refractivity contribution is 6.07. The molecule has 71 heavy (non-hydrogen) atoms. The van der Waals surface area contributed by atoms with Gasteiger partial charge in [0.2, 0.25) is 0 Å². The van der Waals surface area contributed by atoms with Crippen molar-refractivity contribution in [1.82, 2.24) is 9.97 Å². The van der Waals surface area contributed by atoms with Gasteiger partial charge in [0.1, 0.15) is 11.5 Å². The molecule has 12 aromatic rings.